The number of likely N-dealkylation sites (N-methyl/N-ethyl adjacent to an activating group) is 1. The van der Waals surface area contributed by atoms with Gasteiger partial charge >= 0.3 is 5.97 Å². The Hall–Kier alpha value is -0.660. The molecule has 1 aliphatic heterocycles. The van der Waals surface area contributed by atoms with E-state index in [2.05, 4.69) is 0 Å². The third kappa shape index (κ3) is 2.93. The maximum Gasteiger partial charge on any atom is 0.305 e. The van der Waals surface area contributed by atoms with E-state index in [1.165, 1.54) is 4.31 Å². The minimum Gasteiger partial charge on any atom is -0.481 e. The van der Waals surface area contributed by atoms with E-state index in [0.717, 1.165) is 6.26 Å². The van der Waals surface area contributed by atoms with Crippen LogP contribution in [0.5, 0.6) is 0 Å². The van der Waals surface area contributed by atoms with Gasteiger partial charge in [-0.3, -0.25) is 4.79 Å². The predicted molar refractivity (Wildman–Crippen MR) is 59.7 cm³/mol. The first-order chi connectivity index (χ1) is 7.23. The molecular weight excluding hydrogens is 232 g/mol. The van der Waals surface area contributed by atoms with Gasteiger partial charge in [-0.1, -0.05) is 0 Å². The van der Waals surface area contributed by atoms with Crippen LogP contribution < -0.4 is 0 Å². The Morgan fingerprint density at radius 2 is 2.00 bits per heavy atom. The molecule has 0 spiro atoms. The molecule has 0 bridgehead atoms. The Bertz CT molecular complexity index is 368. The van der Waals surface area contributed by atoms with Crippen LogP contribution in [-0.4, -0.2) is 67.2 Å². The van der Waals surface area contributed by atoms with E-state index >= 15 is 0 Å². The number of carboxylic acids is 1. The molecule has 6 nitrogen and oxygen atoms in total. The van der Waals surface area contributed by atoms with Gasteiger partial charge in [-0.05, 0) is 14.0 Å². The molecule has 0 aromatic rings. The zero-order chi connectivity index (χ0) is 12.5. The van der Waals surface area contributed by atoms with Gasteiger partial charge in [0.2, 0.25) is 10.0 Å². The molecule has 16 heavy (non-hydrogen) atoms. The summed E-state index contributed by atoms with van der Waals surface area (Å²) in [7, 11) is -1.46. The summed E-state index contributed by atoms with van der Waals surface area (Å²) in [6, 6.07) is -0.564. The minimum atomic E-state index is -3.33. The summed E-state index contributed by atoms with van der Waals surface area (Å²) in [5, 5.41) is 8.81. The average molecular weight is 250 g/mol. The molecule has 0 aromatic heterocycles. The second kappa shape index (κ2) is 4.68. The number of hydrogen-bond donors (Lipinski definition) is 1. The van der Waals surface area contributed by atoms with Crippen LogP contribution >= 0.6 is 0 Å². The highest BCUT2D eigenvalue weighted by Gasteiger charge is 2.37. The second-order valence-corrected chi connectivity index (χ2v) is 6.20. The smallest absolute Gasteiger partial charge is 0.305 e. The number of nitrogens with zero attached hydrogens (tertiary/aromatic N) is 2. The van der Waals surface area contributed by atoms with Crippen LogP contribution in [0.25, 0.3) is 0 Å². The molecule has 1 rings (SSSR count). The number of hydrogen-bond acceptors (Lipinski definition) is 4. The highest BCUT2D eigenvalue weighted by Crippen LogP contribution is 2.21. The monoisotopic (exact) mass is 250 g/mol. The van der Waals surface area contributed by atoms with E-state index < -0.39 is 22.0 Å². The first kappa shape index (κ1) is 13.4. The van der Waals surface area contributed by atoms with Crippen molar-refractivity contribution in [2.45, 2.75) is 25.4 Å². The molecule has 0 unspecified atom stereocenters. The van der Waals surface area contributed by atoms with Crippen molar-refractivity contribution in [3.05, 3.63) is 0 Å². The Labute approximate surface area is 95.9 Å². The molecule has 0 aliphatic carbocycles. The Kier molecular flexibility index (Phi) is 3.92. The predicted octanol–water partition coefficient (Wildman–Crippen LogP) is -0.575. The summed E-state index contributed by atoms with van der Waals surface area (Å²) in [5.41, 5.74) is 0. The van der Waals surface area contributed by atoms with Crippen LogP contribution in [0.15, 0.2) is 0 Å². The normalized spacial score (nSPS) is 29.2. The lowest BCUT2D eigenvalue weighted by Gasteiger charge is -2.43. The lowest BCUT2D eigenvalue weighted by molar-refractivity contribution is -0.138. The second-order valence-electron chi connectivity index (χ2n) is 4.26. The van der Waals surface area contributed by atoms with Crippen LogP contribution in [0.2, 0.25) is 0 Å². The molecular formula is C9H18N2O4S. The average Bonchev–Trinajstić information content (AvgIpc) is 2.10. The van der Waals surface area contributed by atoms with Gasteiger partial charge in [0.1, 0.15) is 0 Å². The van der Waals surface area contributed by atoms with Gasteiger partial charge < -0.3 is 10.0 Å². The molecule has 1 aliphatic rings. The summed E-state index contributed by atoms with van der Waals surface area (Å²) >= 11 is 0. The maximum atomic E-state index is 11.5. The number of carbonyl (C=O) groups is 1. The van der Waals surface area contributed by atoms with Crippen molar-refractivity contribution < 1.29 is 18.3 Å². The summed E-state index contributed by atoms with van der Waals surface area (Å²) in [6.45, 7) is 2.84. The molecule has 0 aromatic carbocycles. The molecule has 1 fully saturated rings. The van der Waals surface area contributed by atoms with Crippen molar-refractivity contribution in [1.82, 2.24) is 9.21 Å². The Morgan fingerprint density at radius 1 is 1.44 bits per heavy atom. The van der Waals surface area contributed by atoms with E-state index in [1.807, 2.05) is 18.9 Å². The van der Waals surface area contributed by atoms with Crippen molar-refractivity contribution in [2.75, 3.05) is 26.4 Å². The number of aliphatic carboxylic acids is 1. The molecule has 0 saturated carbocycles. The fraction of sp³-hybridized carbons (Fsp3) is 0.889. The number of sulfonamides is 1. The lowest BCUT2D eigenvalue weighted by atomic mass is 10.0. The van der Waals surface area contributed by atoms with Gasteiger partial charge in [-0.15, -0.1) is 0 Å². The molecule has 1 N–H and O–H groups in total. The van der Waals surface area contributed by atoms with Crippen molar-refractivity contribution in [1.29, 1.82) is 0 Å². The van der Waals surface area contributed by atoms with Crippen molar-refractivity contribution in [3.63, 3.8) is 0 Å². The molecule has 1 heterocycles. The van der Waals surface area contributed by atoms with E-state index in [0.29, 0.717) is 13.1 Å². The third-order valence-electron chi connectivity index (χ3n) is 3.10. The topological polar surface area (TPSA) is 77.9 Å². The summed E-state index contributed by atoms with van der Waals surface area (Å²) in [4.78, 5) is 12.7. The molecule has 0 amide bonds. The number of carboxylic acid groups (broad SMARTS) is 1. The summed E-state index contributed by atoms with van der Waals surface area (Å²) in [5.74, 6) is -0.971. The van der Waals surface area contributed by atoms with Gasteiger partial charge in [-0.2, -0.15) is 4.31 Å². The quantitative estimate of drug-likeness (QED) is 0.725. The van der Waals surface area contributed by atoms with Gasteiger partial charge in [0, 0.05) is 19.1 Å². The van der Waals surface area contributed by atoms with Crippen LogP contribution in [-0.2, 0) is 14.8 Å². The number of piperazine rings is 1. The molecule has 1 saturated heterocycles. The molecule has 7 heteroatoms. The Balaban J connectivity index is 2.94. The Morgan fingerprint density at radius 3 is 2.44 bits per heavy atom. The first-order valence-corrected chi connectivity index (χ1v) is 6.97. The molecule has 2 atom stereocenters. The zero-order valence-electron chi connectivity index (χ0n) is 9.75. The SMILES string of the molecule is C[C@H]1[C@@H](CC(=O)O)N(S(C)(=O)=O)CCN1C. The fourth-order valence-corrected chi connectivity index (χ4v) is 3.18. The van der Waals surface area contributed by atoms with Gasteiger partial charge in [0.15, 0.2) is 0 Å². The highest BCUT2D eigenvalue weighted by molar-refractivity contribution is 7.88. The molecule has 0 radical (unpaired) electrons. The maximum absolute atomic E-state index is 11.5. The lowest BCUT2D eigenvalue weighted by Crippen LogP contribution is -2.59. The zero-order valence-corrected chi connectivity index (χ0v) is 10.6. The summed E-state index contributed by atoms with van der Waals surface area (Å²) in [6.07, 6.45) is 0.971. The largest absolute Gasteiger partial charge is 0.481 e. The van der Waals surface area contributed by atoms with Crippen LogP contribution in [0.3, 0.4) is 0 Å². The van der Waals surface area contributed by atoms with E-state index in [1.54, 1.807) is 0 Å². The fourth-order valence-electron chi connectivity index (χ4n) is 2.02. The van der Waals surface area contributed by atoms with E-state index in [-0.39, 0.29) is 12.5 Å². The van der Waals surface area contributed by atoms with Gasteiger partial charge in [-0.25, -0.2) is 8.42 Å². The van der Waals surface area contributed by atoms with E-state index in [9.17, 15) is 13.2 Å². The van der Waals surface area contributed by atoms with Crippen LogP contribution in [0.4, 0.5) is 0 Å². The minimum absolute atomic E-state index is 0.0837. The highest BCUT2D eigenvalue weighted by atomic mass is 32.2. The summed E-state index contributed by atoms with van der Waals surface area (Å²) < 4.78 is 24.4. The van der Waals surface area contributed by atoms with Gasteiger partial charge in [0.25, 0.3) is 0 Å². The van der Waals surface area contributed by atoms with E-state index in [4.69, 9.17) is 5.11 Å². The standard InChI is InChI=1S/C9H18N2O4S/c1-7-8(6-9(12)13)11(16(3,14)15)5-4-10(7)2/h7-8H,4-6H2,1-3H3,(H,12,13)/t7-,8+/m0/s1. The number of rotatable bonds is 3. The first-order valence-electron chi connectivity index (χ1n) is 5.12. The van der Waals surface area contributed by atoms with Crippen molar-refractivity contribution in [2.24, 2.45) is 0 Å². The third-order valence-corrected chi connectivity index (χ3v) is 4.41. The van der Waals surface area contributed by atoms with Crippen molar-refractivity contribution in [3.8, 4) is 0 Å². The van der Waals surface area contributed by atoms with Crippen LogP contribution in [0, 0.1) is 0 Å². The van der Waals surface area contributed by atoms with Crippen LogP contribution in [0.1, 0.15) is 13.3 Å². The van der Waals surface area contributed by atoms with Gasteiger partial charge in [0.05, 0.1) is 18.7 Å². The molecule has 94 valence electrons. The van der Waals surface area contributed by atoms with Crippen molar-refractivity contribution >= 4 is 16.0 Å².